The van der Waals surface area contributed by atoms with E-state index >= 15 is 0 Å². The van der Waals surface area contributed by atoms with Crippen molar-refractivity contribution in [1.82, 2.24) is 5.32 Å². The van der Waals surface area contributed by atoms with Crippen LogP contribution >= 0.6 is 0 Å². The summed E-state index contributed by atoms with van der Waals surface area (Å²) in [4.78, 5) is 11.2. The third-order valence-electron chi connectivity index (χ3n) is 3.17. The second kappa shape index (κ2) is 5.35. The Bertz CT molecular complexity index is 194. The topological polar surface area (TPSA) is 38.3 Å². The summed E-state index contributed by atoms with van der Waals surface area (Å²) in [6.45, 7) is 4.83. The minimum Gasteiger partial charge on any atom is -0.461 e. The lowest BCUT2D eigenvalue weighted by atomic mass is 9.80. The molecule has 0 saturated heterocycles. The van der Waals surface area contributed by atoms with Crippen molar-refractivity contribution in [2.24, 2.45) is 11.8 Å². The van der Waals surface area contributed by atoms with E-state index in [-0.39, 0.29) is 12.1 Å². The number of hydrogen-bond donors (Lipinski definition) is 1. The summed E-state index contributed by atoms with van der Waals surface area (Å²) < 4.78 is 5.35. The monoisotopic (exact) mass is 199 g/mol. The summed E-state index contributed by atoms with van der Waals surface area (Å²) in [6.07, 6.45) is 3.39. The highest BCUT2D eigenvalue weighted by Gasteiger charge is 2.26. The average Bonchev–Trinajstić information content (AvgIpc) is 2.12. The summed E-state index contributed by atoms with van der Waals surface area (Å²) >= 11 is 0. The Hall–Kier alpha value is -0.570. The fourth-order valence-electron chi connectivity index (χ4n) is 1.98. The van der Waals surface area contributed by atoms with Crippen molar-refractivity contribution in [3.8, 4) is 0 Å². The standard InChI is InChI=1S/C11H21NO2/c1-8-4-5-10(6-9(8)2)14-11(13)7-12-3/h8-10,12H,4-7H2,1-3H3. The molecule has 0 aromatic rings. The molecule has 1 N–H and O–H groups in total. The van der Waals surface area contributed by atoms with E-state index in [4.69, 9.17) is 4.74 Å². The van der Waals surface area contributed by atoms with Crippen LogP contribution in [0.2, 0.25) is 0 Å². The van der Waals surface area contributed by atoms with Gasteiger partial charge in [0.25, 0.3) is 0 Å². The fourth-order valence-corrected chi connectivity index (χ4v) is 1.98. The van der Waals surface area contributed by atoms with Gasteiger partial charge in [-0.25, -0.2) is 0 Å². The molecule has 82 valence electrons. The molecule has 1 fully saturated rings. The van der Waals surface area contributed by atoms with Gasteiger partial charge in [0.2, 0.25) is 0 Å². The zero-order chi connectivity index (χ0) is 10.6. The number of esters is 1. The molecule has 0 spiro atoms. The van der Waals surface area contributed by atoms with Gasteiger partial charge in [-0.15, -0.1) is 0 Å². The maximum Gasteiger partial charge on any atom is 0.320 e. The lowest BCUT2D eigenvalue weighted by Gasteiger charge is -2.31. The van der Waals surface area contributed by atoms with Crippen molar-refractivity contribution in [3.05, 3.63) is 0 Å². The van der Waals surface area contributed by atoms with Crippen molar-refractivity contribution in [3.63, 3.8) is 0 Å². The van der Waals surface area contributed by atoms with Crippen LogP contribution in [0.3, 0.4) is 0 Å². The van der Waals surface area contributed by atoms with Gasteiger partial charge in [-0.1, -0.05) is 13.8 Å². The van der Waals surface area contributed by atoms with Gasteiger partial charge in [-0.05, 0) is 38.1 Å². The highest BCUT2D eigenvalue weighted by atomic mass is 16.5. The van der Waals surface area contributed by atoms with E-state index < -0.39 is 0 Å². The molecule has 1 aliphatic rings. The predicted octanol–water partition coefficient (Wildman–Crippen LogP) is 1.57. The van der Waals surface area contributed by atoms with E-state index in [1.807, 2.05) is 0 Å². The largest absolute Gasteiger partial charge is 0.461 e. The van der Waals surface area contributed by atoms with Crippen molar-refractivity contribution in [2.45, 2.75) is 39.2 Å². The molecule has 0 heterocycles. The lowest BCUT2D eigenvalue weighted by molar-refractivity contribution is -0.150. The molecule has 0 radical (unpaired) electrons. The Labute approximate surface area is 86.2 Å². The minimum absolute atomic E-state index is 0.126. The van der Waals surface area contributed by atoms with Crippen LogP contribution in [0.4, 0.5) is 0 Å². The third-order valence-corrected chi connectivity index (χ3v) is 3.17. The molecule has 3 nitrogen and oxygen atoms in total. The second-order valence-electron chi connectivity index (χ2n) is 4.41. The Morgan fingerprint density at radius 1 is 1.36 bits per heavy atom. The van der Waals surface area contributed by atoms with E-state index in [1.54, 1.807) is 7.05 Å². The maximum absolute atomic E-state index is 11.2. The molecule has 14 heavy (non-hydrogen) atoms. The molecule has 3 unspecified atom stereocenters. The number of rotatable bonds is 3. The zero-order valence-corrected chi connectivity index (χ0v) is 9.38. The molecule has 1 rings (SSSR count). The van der Waals surface area contributed by atoms with Gasteiger partial charge in [0.05, 0.1) is 6.54 Å². The maximum atomic E-state index is 11.2. The molecule has 3 heteroatoms. The first kappa shape index (κ1) is 11.5. The van der Waals surface area contributed by atoms with Gasteiger partial charge in [0.15, 0.2) is 0 Å². The fraction of sp³-hybridized carbons (Fsp3) is 0.909. The Kier molecular flexibility index (Phi) is 4.39. The summed E-state index contributed by atoms with van der Waals surface area (Å²) in [7, 11) is 1.76. The van der Waals surface area contributed by atoms with E-state index in [2.05, 4.69) is 19.2 Å². The second-order valence-corrected chi connectivity index (χ2v) is 4.41. The van der Waals surface area contributed by atoms with Crippen molar-refractivity contribution >= 4 is 5.97 Å². The molecule has 0 aromatic carbocycles. The number of likely N-dealkylation sites (N-methyl/N-ethyl adjacent to an activating group) is 1. The van der Waals surface area contributed by atoms with Crippen LogP contribution in [-0.2, 0) is 9.53 Å². The van der Waals surface area contributed by atoms with Crippen LogP contribution in [-0.4, -0.2) is 25.7 Å². The quantitative estimate of drug-likeness (QED) is 0.701. The van der Waals surface area contributed by atoms with Gasteiger partial charge >= 0.3 is 5.97 Å². The number of hydrogen-bond acceptors (Lipinski definition) is 3. The van der Waals surface area contributed by atoms with Crippen LogP contribution in [0.15, 0.2) is 0 Å². The molecule has 0 bridgehead atoms. The molecule has 1 saturated carbocycles. The van der Waals surface area contributed by atoms with Crippen LogP contribution in [0.25, 0.3) is 0 Å². The molecule has 0 amide bonds. The van der Waals surface area contributed by atoms with Gasteiger partial charge in [0.1, 0.15) is 6.10 Å². The van der Waals surface area contributed by atoms with Crippen LogP contribution < -0.4 is 5.32 Å². The summed E-state index contributed by atoms with van der Waals surface area (Å²) in [5, 5.41) is 2.80. The molecular formula is C11H21NO2. The van der Waals surface area contributed by atoms with E-state index in [0.29, 0.717) is 12.5 Å². The molecule has 0 aliphatic heterocycles. The highest BCUT2D eigenvalue weighted by molar-refractivity contribution is 5.71. The van der Waals surface area contributed by atoms with Crippen molar-refractivity contribution < 1.29 is 9.53 Å². The van der Waals surface area contributed by atoms with Gasteiger partial charge in [0, 0.05) is 0 Å². The first-order valence-electron chi connectivity index (χ1n) is 5.47. The Balaban J connectivity index is 2.29. The average molecular weight is 199 g/mol. The van der Waals surface area contributed by atoms with Crippen LogP contribution in [0.5, 0.6) is 0 Å². The first-order valence-corrected chi connectivity index (χ1v) is 5.47. The van der Waals surface area contributed by atoms with Crippen LogP contribution in [0, 0.1) is 11.8 Å². The first-order chi connectivity index (χ1) is 6.63. The van der Waals surface area contributed by atoms with Gasteiger partial charge in [-0.2, -0.15) is 0 Å². The summed E-state index contributed by atoms with van der Waals surface area (Å²) in [5.74, 6) is 1.32. The van der Waals surface area contributed by atoms with E-state index in [9.17, 15) is 4.79 Å². The lowest BCUT2D eigenvalue weighted by Crippen LogP contribution is -2.31. The predicted molar refractivity (Wildman–Crippen MR) is 56.0 cm³/mol. The molecule has 0 aromatic heterocycles. The van der Waals surface area contributed by atoms with Gasteiger partial charge < -0.3 is 10.1 Å². The van der Waals surface area contributed by atoms with Crippen molar-refractivity contribution in [1.29, 1.82) is 0 Å². The van der Waals surface area contributed by atoms with E-state index in [0.717, 1.165) is 18.8 Å². The highest BCUT2D eigenvalue weighted by Crippen LogP contribution is 2.30. The van der Waals surface area contributed by atoms with E-state index in [1.165, 1.54) is 6.42 Å². The Morgan fingerprint density at radius 2 is 2.07 bits per heavy atom. The molecule has 3 atom stereocenters. The van der Waals surface area contributed by atoms with Crippen molar-refractivity contribution in [2.75, 3.05) is 13.6 Å². The Morgan fingerprint density at radius 3 is 2.64 bits per heavy atom. The molecule has 1 aliphatic carbocycles. The number of nitrogens with one attached hydrogen (secondary N) is 1. The smallest absolute Gasteiger partial charge is 0.320 e. The summed E-state index contributed by atoms with van der Waals surface area (Å²) in [6, 6.07) is 0. The van der Waals surface area contributed by atoms with Gasteiger partial charge in [-0.3, -0.25) is 4.79 Å². The minimum atomic E-state index is -0.126. The number of carbonyl (C=O) groups excluding carboxylic acids is 1. The molecular weight excluding hydrogens is 178 g/mol. The van der Waals surface area contributed by atoms with Crippen LogP contribution in [0.1, 0.15) is 33.1 Å². The summed E-state index contributed by atoms with van der Waals surface area (Å²) in [5.41, 5.74) is 0. The number of carbonyl (C=O) groups is 1. The number of ether oxygens (including phenoxy) is 1. The normalized spacial score (nSPS) is 32.6. The third kappa shape index (κ3) is 3.29. The SMILES string of the molecule is CNCC(=O)OC1CCC(C)C(C)C1. The zero-order valence-electron chi connectivity index (χ0n) is 9.38.